The van der Waals surface area contributed by atoms with Crippen LogP contribution in [0.2, 0.25) is 0 Å². The van der Waals surface area contributed by atoms with Crippen molar-refractivity contribution in [3.8, 4) is 11.5 Å². The fourth-order valence-corrected chi connectivity index (χ4v) is 4.47. The number of hydrogen-bond donors (Lipinski definition) is 0. The van der Waals surface area contributed by atoms with E-state index in [-0.39, 0.29) is 45.5 Å². The van der Waals surface area contributed by atoms with Crippen LogP contribution in [0.25, 0.3) is 0 Å². The average molecular weight is 731 g/mol. The first kappa shape index (κ1) is 40.2. The molecular weight excluding hydrogens is 684 g/mol. The zero-order valence-electron chi connectivity index (χ0n) is 26.6. The van der Waals surface area contributed by atoms with Gasteiger partial charge in [0.2, 0.25) is 0 Å². The number of para-hydroxylation sites is 2. The number of likely N-dealkylation sites (N-methyl/N-ethyl adjacent to an activating group) is 2. The molecule has 10 nitrogen and oxygen atoms in total. The van der Waals surface area contributed by atoms with Crippen molar-refractivity contribution >= 4 is 23.8 Å². The van der Waals surface area contributed by atoms with Crippen LogP contribution in [0.5, 0.6) is 11.5 Å². The molecule has 12 heteroatoms. The third kappa shape index (κ3) is 14.5. The molecule has 0 saturated carbocycles. The van der Waals surface area contributed by atoms with Crippen LogP contribution in [-0.4, -0.2) is 112 Å². The highest BCUT2D eigenvalue weighted by molar-refractivity contribution is 5.82. The Kier molecular flexibility index (Phi) is 16.9. The van der Waals surface area contributed by atoms with Gasteiger partial charge in [-0.1, -0.05) is 24.3 Å². The van der Waals surface area contributed by atoms with Crippen molar-refractivity contribution < 1.29 is 71.6 Å². The van der Waals surface area contributed by atoms with E-state index in [2.05, 4.69) is 0 Å². The van der Waals surface area contributed by atoms with E-state index < -0.39 is 12.2 Å². The van der Waals surface area contributed by atoms with E-state index in [1.54, 1.807) is 40.3 Å². The number of carbonyl (C=O) groups excluding carboxylic acids is 4. The maximum atomic E-state index is 12.8. The number of benzene rings is 2. The Hall–Kier alpha value is -2.80. The van der Waals surface area contributed by atoms with Crippen molar-refractivity contribution in [1.82, 2.24) is 9.80 Å². The van der Waals surface area contributed by atoms with Gasteiger partial charge in [-0.25, -0.2) is 9.59 Å². The van der Waals surface area contributed by atoms with E-state index in [9.17, 15) is 19.2 Å². The standard InChI is InChI=1S/C31H46N4O6.2BrH/c1-32(2)30(38)40-28-18-11-9-14-24(28)20-34(5,6)22-26(36)16-13-17-27(37)23-35(7,8)21-25-15-10-12-19-29(25)41-31(39)33(3)4;;/h9-12,14-15,18-19H,13,16-17,20-23H2,1-8H3;2*1H/q+2;;/p-2. The summed E-state index contributed by atoms with van der Waals surface area (Å²) in [5.74, 6) is 1.12. The molecular formula is C31H46Br2N4O6. The lowest BCUT2D eigenvalue weighted by Crippen LogP contribution is -3.00. The van der Waals surface area contributed by atoms with Crippen molar-refractivity contribution in [2.24, 2.45) is 0 Å². The van der Waals surface area contributed by atoms with Crippen LogP contribution in [0.15, 0.2) is 48.5 Å². The van der Waals surface area contributed by atoms with Crippen LogP contribution in [0.4, 0.5) is 9.59 Å². The van der Waals surface area contributed by atoms with E-state index >= 15 is 0 Å². The summed E-state index contributed by atoms with van der Waals surface area (Å²) in [6, 6.07) is 14.7. The van der Waals surface area contributed by atoms with Gasteiger partial charge in [-0.15, -0.1) is 0 Å². The van der Waals surface area contributed by atoms with Gasteiger partial charge in [-0.05, 0) is 30.7 Å². The minimum atomic E-state index is -0.456. The van der Waals surface area contributed by atoms with Crippen LogP contribution < -0.4 is 43.4 Å². The van der Waals surface area contributed by atoms with Crippen molar-refractivity contribution in [2.45, 2.75) is 32.4 Å². The molecule has 0 aliphatic rings. The monoisotopic (exact) mass is 728 g/mol. The Labute approximate surface area is 277 Å². The predicted molar refractivity (Wildman–Crippen MR) is 158 cm³/mol. The molecule has 2 aromatic rings. The lowest BCUT2D eigenvalue weighted by Gasteiger charge is -2.30. The second-order valence-electron chi connectivity index (χ2n) is 12.2. The lowest BCUT2D eigenvalue weighted by molar-refractivity contribution is -0.895. The maximum absolute atomic E-state index is 12.8. The molecule has 2 rings (SSSR count). The Bertz CT molecular complexity index is 1140. The van der Waals surface area contributed by atoms with Crippen molar-refractivity contribution in [2.75, 3.05) is 69.5 Å². The first-order valence-corrected chi connectivity index (χ1v) is 13.7. The van der Waals surface area contributed by atoms with Crippen molar-refractivity contribution in [1.29, 1.82) is 0 Å². The molecule has 0 N–H and O–H groups in total. The molecule has 0 aliphatic heterocycles. The quantitative estimate of drug-likeness (QED) is 0.209. The summed E-state index contributed by atoms with van der Waals surface area (Å²) >= 11 is 0. The molecule has 2 amide bonds. The molecule has 0 aromatic heterocycles. The second kappa shape index (κ2) is 18.1. The molecule has 0 heterocycles. The van der Waals surface area contributed by atoms with Gasteiger partial charge in [0.05, 0.1) is 28.2 Å². The number of hydrogen-bond acceptors (Lipinski definition) is 6. The highest BCUT2D eigenvalue weighted by atomic mass is 79.9. The molecule has 0 spiro atoms. The molecule has 240 valence electrons. The second-order valence-corrected chi connectivity index (χ2v) is 12.2. The number of nitrogens with zero attached hydrogens (tertiary/aromatic N) is 4. The van der Waals surface area contributed by atoms with Gasteiger partial charge in [-0.2, -0.15) is 0 Å². The van der Waals surface area contributed by atoms with Crippen LogP contribution >= 0.6 is 0 Å². The topological polar surface area (TPSA) is 93.2 Å². The van der Waals surface area contributed by atoms with Gasteiger partial charge in [0.25, 0.3) is 0 Å². The Morgan fingerprint density at radius 2 is 0.930 bits per heavy atom. The highest BCUT2D eigenvalue weighted by Gasteiger charge is 2.25. The minimum absolute atomic E-state index is 0. The summed E-state index contributed by atoms with van der Waals surface area (Å²) in [6.07, 6.45) is 0.221. The van der Waals surface area contributed by atoms with E-state index in [0.29, 0.717) is 65.9 Å². The van der Waals surface area contributed by atoms with Gasteiger partial charge in [0.1, 0.15) is 37.7 Å². The molecule has 0 bridgehead atoms. The fourth-order valence-electron chi connectivity index (χ4n) is 4.47. The summed E-state index contributed by atoms with van der Waals surface area (Å²) in [6.45, 7) is 1.62. The summed E-state index contributed by atoms with van der Waals surface area (Å²) < 4.78 is 11.8. The van der Waals surface area contributed by atoms with Crippen molar-refractivity contribution in [3.63, 3.8) is 0 Å². The molecule has 0 saturated heterocycles. The molecule has 0 atom stereocenters. The number of carbonyl (C=O) groups is 4. The van der Waals surface area contributed by atoms with E-state index in [0.717, 1.165) is 11.1 Å². The Balaban J connectivity index is 0.00000882. The van der Waals surface area contributed by atoms with Crippen LogP contribution in [-0.2, 0) is 22.7 Å². The third-order valence-corrected chi connectivity index (χ3v) is 6.39. The predicted octanol–water partition coefficient (Wildman–Crippen LogP) is -2.02. The number of ether oxygens (including phenoxy) is 2. The summed E-state index contributed by atoms with van der Waals surface area (Å²) in [5.41, 5.74) is 1.68. The normalized spacial score (nSPS) is 11.0. The van der Waals surface area contributed by atoms with Crippen LogP contribution in [0, 0.1) is 0 Å². The van der Waals surface area contributed by atoms with E-state index in [1.165, 1.54) is 9.80 Å². The number of halogens is 2. The van der Waals surface area contributed by atoms with E-state index in [1.807, 2.05) is 64.6 Å². The van der Waals surface area contributed by atoms with Gasteiger partial charge >= 0.3 is 12.2 Å². The maximum Gasteiger partial charge on any atom is 0.414 e. The van der Waals surface area contributed by atoms with Gasteiger partial charge in [-0.3, -0.25) is 9.59 Å². The lowest BCUT2D eigenvalue weighted by atomic mass is 10.1. The molecule has 0 fully saturated rings. The Morgan fingerprint density at radius 3 is 1.26 bits per heavy atom. The molecule has 0 unspecified atom stereocenters. The molecule has 0 radical (unpaired) electrons. The zero-order chi connectivity index (χ0) is 30.8. The average Bonchev–Trinajstić information content (AvgIpc) is 2.85. The first-order valence-electron chi connectivity index (χ1n) is 13.7. The molecule has 0 aliphatic carbocycles. The fraction of sp³-hybridized carbons (Fsp3) is 0.484. The Morgan fingerprint density at radius 1 is 0.605 bits per heavy atom. The number of quaternary nitrogens is 2. The van der Waals surface area contributed by atoms with Gasteiger partial charge in [0, 0.05) is 52.2 Å². The highest BCUT2D eigenvalue weighted by Crippen LogP contribution is 2.24. The third-order valence-electron chi connectivity index (χ3n) is 6.39. The summed E-state index contributed by atoms with van der Waals surface area (Å²) in [7, 11) is 14.3. The summed E-state index contributed by atoms with van der Waals surface area (Å²) in [5, 5.41) is 0. The van der Waals surface area contributed by atoms with Gasteiger partial charge in [0.15, 0.2) is 11.6 Å². The smallest absolute Gasteiger partial charge is 0.414 e. The first-order chi connectivity index (χ1) is 19.1. The largest absolute Gasteiger partial charge is 1.00 e. The molecule has 43 heavy (non-hydrogen) atoms. The van der Waals surface area contributed by atoms with Crippen molar-refractivity contribution in [3.05, 3.63) is 59.7 Å². The zero-order valence-corrected chi connectivity index (χ0v) is 29.7. The van der Waals surface area contributed by atoms with Crippen LogP contribution in [0.1, 0.15) is 30.4 Å². The number of rotatable bonds is 14. The molecule has 2 aromatic carbocycles. The number of amides is 2. The van der Waals surface area contributed by atoms with Gasteiger partial charge < -0.3 is 62.2 Å². The number of Topliss-reactive ketones (excluding diaryl/α,β-unsaturated/α-hetero) is 2. The minimum Gasteiger partial charge on any atom is -1.00 e. The number of ketones is 2. The summed E-state index contributed by atoms with van der Waals surface area (Å²) in [4.78, 5) is 52.4. The SMILES string of the molecule is CN(C)C(=O)Oc1ccccc1C[N+](C)(C)CC(=O)CCCC(=O)C[N+](C)(C)Cc1ccccc1OC(=O)N(C)C.[Br-].[Br-]. The van der Waals surface area contributed by atoms with E-state index in [4.69, 9.17) is 9.47 Å². The van der Waals surface area contributed by atoms with Crippen LogP contribution in [0.3, 0.4) is 0 Å².